The third kappa shape index (κ3) is 3.08. The van der Waals surface area contributed by atoms with Crippen LogP contribution in [0.25, 0.3) is 0 Å². The molecule has 1 aliphatic carbocycles. The van der Waals surface area contributed by atoms with E-state index in [0.29, 0.717) is 6.42 Å². The van der Waals surface area contributed by atoms with Gasteiger partial charge in [0.15, 0.2) is 5.11 Å². The van der Waals surface area contributed by atoms with Crippen molar-refractivity contribution in [2.45, 2.75) is 18.6 Å². The second-order valence-electron chi connectivity index (χ2n) is 5.20. The first kappa shape index (κ1) is 14.9. The summed E-state index contributed by atoms with van der Waals surface area (Å²) in [5.74, 6) is -1.37. The molecule has 0 amide bonds. The van der Waals surface area contributed by atoms with E-state index >= 15 is 0 Å². The van der Waals surface area contributed by atoms with Crippen molar-refractivity contribution < 1.29 is 13.9 Å². The van der Waals surface area contributed by atoms with Gasteiger partial charge in [-0.15, -0.1) is 0 Å². The minimum atomic E-state index is -0.684. The van der Waals surface area contributed by atoms with Crippen LogP contribution in [-0.4, -0.2) is 16.3 Å². The third-order valence-corrected chi connectivity index (χ3v) is 3.83. The van der Waals surface area contributed by atoms with Crippen LogP contribution in [0.15, 0.2) is 42.5 Å². The average molecular weight is 320 g/mol. The fourth-order valence-electron chi connectivity index (χ4n) is 2.68. The number of fused-ring (bicyclic) bond motifs is 1. The van der Waals surface area contributed by atoms with Crippen molar-refractivity contribution in [2.24, 2.45) is 0 Å². The lowest BCUT2D eigenvalue weighted by Gasteiger charge is -2.20. The maximum absolute atomic E-state index is 13.2. The highest BCUT2D eigenvalue weighted by atomic mass is 32.1. The number of benzene rings is 2. The first-order valence-electron chi connectivity index (χ1n) is 6.82. The molecule has 22 heavy (non-hydrogen) atoms. The molecule has 0 saturated heterocycles. The highest BCUT2D eigenvalue weighted by Crippen LogP contribution is 2.31. The SMILES string of the molecule is O[C@@H]1Cc2ccccc2[C@@H]1NC(=S)Nc1cc(F)cc(F)c1. The molecule has 6 heteroatoms. The van der Waals surface area contributed by atoms with E-state index in [1.165, 1.54) is 0 Å². The van der Waals surface area contributed by atoms with Crippen molar-refractivity contribution >= 4 is 23.0 Å². The predicted octanol–water partition coefficient (Wildman–Crippen LogP) is 2.91. The van der Waals surface area contributed by atoms with E-state index in [-0.39, 0.29) is 16.8 Å². The van der Waals surface area contributed by atoms with Crippen LogP contribution in [0.2, 0.25) is 0 Å². The van der Waals surface area contributed by atoms with Gasteiger partial charge in [-0.3, -0.25) is 0 Å². The lowest BCUT2D eigenvalue weighted by molar-refractivity contribution is 0.151. The van der Waals surface area contributed by atoms with Gasteiger partial charge in [0.25, 0.3) is 0 Å². The molecule has 0 heterocycles. The van der Waals surface area contributed by atoms with E-state index in [1.807, 2.05) is 24.3 Å². The molecule has 2 atom stereocenters. The molecular formula is C16H14F2N2OS. The van der Waals surface area contributed by atoms with E-state index in [0.717, 1.165) is 29.3 Å². The van der Waals surface area contributed by atoms with Gasteiger partial charge in [-0.25, -0.2) is 8.78 Å². The Morgan fingerprint density at radius 3 is 2.55 bits per heavy atom. The fourth-order valence-corrected chi connectivity index (χ4v) is 2.93. The average Bonchev–Trinajstić information content (AvgIpc) is 2.74. The predicted molar refractivity (Wildman–Crippen MR) is 84.6 cm³/mol. The summed E-state index contributed by atoms with van der Waals surface area (Å²) >= 11 is 5.16. The Morgan fingerprint density at radius 1 is 1.14 bits per heavy atom. The summed E-state index contributed by atoms with van der Waals surface area (Å²) in [6.45, 7) is 0. The number of rotatable bonds is 2. The van der Waals surface area contributed by atoms with E-state index in [1.54, 1.807) is 0 Å². The third-order valence-electron chi connectivity index (χ3n) is 3.61. The Kier molecular flexibility index (Phi) is 4.04. The summed E-state index contributed by atoms with van der Waals surface area (Å²) in [5.41, 5.74) is 2.26. The second kappa shape index (κ2) is 5.98. The number of halogens is 2. The van der Waals surface area contributed by atoms with Gasteiger partial charge in [-0.2, -0.15) is 0 Å². The minimum absolute atomic E-state index is 0.200. The first-order valence-corrected chi connectivity index (χ1v) is 7.23. The highest BCUT2D eigenvalue weighted by Gasteiger charge is 2.31. The van der Waals surface area contributed by atoms with Crippen LogP contribution in [0, 0.1) is 11.6 Å². The Morgan fingerprint density at radius 2 is 1.82 bits per heavy atom. The lowest BCUT2D eigenvalue weighted by atomic mass is 10.1. The van der Waals surface area contributed by atoms with Gasteiger partial charge in [0.05, 0.1) is 12.1 Å². The summed E-state index contributed by atoms with van der Waals surface area (Å²) in [4.78, 5) is 0. The van der Waals surface area contributed by atoms with Crippen LogP contribution >= 0.6 is 12.2 Å². The zero-order valence-corrected chi connectivity index (χ0v) is 12.3. The van der Waals surface area contributed by atoms with Gasteiger partial charge in [-0.1, -0.05) is 24.3 Å². The van der Waals surface area contributed by atoms with Crippen LogP contribution in [-0.2, 0) is 6.42 Å². The molecule has 0 saturated carbocycles. The van der Waals surface area contributed by atoms with Crippen molar-refractivity contribution in [3.8, 4) is 0 Å². The van der Waals surface area contributed by atoms with Gasteiger partial charge in [-0.05, 0) is 35.5 Å². The number of aliphatic hydroxyl groups is 1. The molecule has 0 radical (unpaired) electrons. The van der Waals surface area contributed by atoms with Crippen LogP contribution in [0.5, 0.6) is 0 Å². The van der Waals surface area contributed by atoms with Crippen molar-refractivity contribution in [1.82, 2.24) is 5.32 Å². The molecule has 0 fully saturated rings. The minimum Gasteiger partial charge on any atom is -0.390 e. The molecule has 0 aliphatic heterocycles. The number of anilines is 1. The number of nitrogens with one attached hydrogen (secondary N) is 2. The smallest absolute Gasteiger partial charge is 0.171 e. The van der Waals surface area contributed by atoms with Gasteiger partial charge in [0, 0.05) is 18.2 Å². The second-order valence-corrected chi connectivity index (χ2v) is 5.61. The standard InChI is InChI=1S/C16H14F2N2OS/c17-10-6-11(18)8-12(7-10)19-16(22)20-15-13-4-2-1-3-9(13)5-14(15)21/h1-4,6-8,14-15,21H,5H2,(H2,19,20,22)/t14-,15+/m1/s1. The molecule has 3 nitrogen and oxygen atoms in total. The molecular weight excluding hydrogens is 306 g/mol. The van der Waals surface area contributed by atoms with Gasteiger partial charge >= 0.3 is 0 Å². The summed E-state index contributed by atoms with van der Waals surface area (Å²) in [6, 6.07) is 10.4. The van der Waals surface area contributed by atoms with Crippen molar-refractivity contribution in [2.75, 3.05) is 5.32 Å². The Labute approximate surface area is 132 Å². The van der Waals surface area contributed by atoms with Crippen molar-refractivity contribution in [1.29, 1.82) is 0 Å². The molecule has 0 aromatic heterocycles. The maximum atomic E-state index is 13.2. The highest BCUT2D eigenvalue weighted by molar-refractivity contribution is 7.80. The van der Waals surface area contributed by atoms with Crippen LogP contribution in [0.3, 0.4) is 0 Å². The maximum Gasteiger partial charge on any atom is 0.171 e. The van der Waals surface area contributed by atoms with E-state index < -0.39 is 17.7 Å². The summed E-state index contributed by atoms with van der Waals surface area (Å²) in [6.07, 6.45) is -0.0493. The summed E-state index contributed by atoms with van der Waals surface area (Å²) < 4.78 is 26.3. The van der Waals surface area contributed by atoms with E-state index in [9.17, 15) is 13.9 Å². The lowest BCUT2D eigenvalue weighted by Crippen LogP contribution is -2.36. The Balaban J connectivity index is 1.72. The van der Waals surface area contributed by atoms with Crippen molar-refractivity contribution in [3.63, 3.8) is 0 Å². The zero-order valence-electron chi connectivity index (χ0n) is 11.5. The molecule has 2 aromatic rings. The number of hydrogen-bond acceptors (Lipinski definition) is 2. The fraction of sp³-hybridized carbons (Fsp3) is 0.188. The van der Waals surface area contributed by atoms with Crippen molar-refractivity contribution in [3.05, 3.63) is 65.2 Å². The van der Waals surface area contributed by atoms with E-state index in [4.69, 9.17) is 12.2 Å². The summed E-state index contributed by atoms with van der Waals surface area (Å²) in [5, 5.41) is 16.1. The quantitative estimate of drug-likeness (QED) is 0.745. The molecule has 0 spiro atoms. The molecule has 3 rings (SSSR count). The van der Waals surface area contributed by atoms with Crippen LogP contribution in [0.1, 0.15) is 17.2 Å². The molecule has 0 bridgehead atoms. The van der Waals surface area contributed by atoms with Gasteiger partial charge in [0.1, 0.15) is 11.6 Å². The molecule has 1 aliphatic rings. The number of aliphatic hydroxyl groups excluding tert-OH is 1. The van der Waals surface area contributed by atoms with Gasteiger partial charge in [0.2, 0.25) is 0 Å². The number of thiocarbonyl (C=S) groups is 1. The largest absolute Gasteiger partial charge is 0.390 e. The molecule has 114 valence electrons. The molecule has 0 unspecified atom stereocenters. The normalized spacial score (nSPS) is 19.6. The zero-order chi connectivity index (χ0) is 15.7. The molecule has 2 aromatic carbocycles. The van der Waals surface area contributed by atoms with Crippen LogP contribution in [0.4, 0.5) is 14.5 Å². The first-order chi connectivity index (χ1) is 10.5. The van der Waals surface area contributed by atoms with Gasteiger partial charge < -0.3 is 15.7 Å². The monoisotopic (exact) mass is 320 g/mol. The van der Waals surface area contributed by atoms with Crippen LogP contribution < -0.4 is 10.6 Å². The Bertz CT molecular complexity index is 703. The topological polar surface area (TPSA) is 44.3 Å². The number of hydrogen-bond donors (Lipinski definition) is 3. The van der Waals surface area contributed by atoms with E-state index in [2.05, 4.69) is 10.6 Å². The summed E-state index contributed by atoms with van der Waals surface area (Å²) in [7, 11) is 0. The molecule has 3 N–H and O–H groups in total. The Hall–Kier alpha value is -2.05.